The maximum absolute atomic E-state index is 12.3. The number of ether oxygens (including phenoxy) is 1. The first-order valence-electron chi connectivity index (χ1n) is 11.1. The predicted octanol–water partition coefficient (Wildman–Crippen LogP) is 3.67. The van der Waals surface area contributed by atoms with Crippen molar-refractivity contribution in [2.24, 2.45) is 5.92 Å². The van der Waals surface area contributed by atoms with Crippen LogP contribution >= 0.6 is 11.8 Å². The van der Waals surface area contributed by atoms with E-state index in [0.29, 0.717) is 6.04 Å². The number of nitrogens with zero attached hydrogens (tertiary/aromatic N) is 1. The lowest BCUT2D eigenvalue weighted by Gasteiger charge is -2.35. The molecule has 6 nitrogen and oxygen atoms in total. The highest BCUT2D eigenvalue weighted by Gasteiger charge is 2.26. The Morgan fingerprint density at radius 1 is 1.13 bits per heavy atom. The molecule has 2 fully saturated rings. The fraction of sp³-hybridized carbons (Fsp3) is 0.652. The molecular weight excluding hydrogens is 398 g/mol. The van der Waals surface area contributed by atoms with Crippen molar-refractivity contribution in [2.75, 3.05) is 42.4 Å². The second kappa shape index (κ2) is 11.6. The third-order valence-electron chi connectivity index (χ3n) is 6.25. The highest BCUT2D eigenvalue weighted by molar-refractivity contribution is 7.98. The number of rotatable bonds is 9. The van der Waals surface area contributed by atoms with E-state index in [1.54, 1.807) is 11.8 Å². The molecule has 0 radical (unpaired) electrons. The molecule has 1 aromatic carbocycles. The van der Waals surface area contributed by atoms with Gasteiger partial charge >= 0.3 is 5.97 Å². The minimum atomic E-state index is -0.221. The van der Waals surface area contributed by atoms with Crippen LogP contribution in [0.4, 0.5) is 11.4 Å². The van der Waals surface area contributed by atoms with Crippen molar-refractivity contribution in [1.29, 1.82) is 0 Å². The summed E-state index contributed by atoms with van der Waals surface area (Å²) in [5.74, 6) is 1.12. The minimum absolute atomic E-state index is 0.161. The summed E-state index contributed by atoms with van der Waals surface area (Å²) in [6.45, 7) is 1.89. The average Bonchev–Trinajstić information content (AvgIpc) is 3.32. The first-order chi connectivity index (χ1) is 14.6. The molecular formula is C23H35N3O3S. The number of benzene rings is 1. The Hall–Kier alpha value is -1.73. The molecule has 30 heavy (non-hydrogen) atoms. The Kier molecular flexibility index (Phi) is 8.88. The lowest BCUT2D eigenvalue weighted by molar-refractivity contribution is -0.143. The number of anilines is 2. The van der Waals surface area contributed by atoms with Gasteiger partial charge in [-0.25, -0.2) is 0 Å². The van der Waals surface area contributed by atoms with E-state index >= 15 is 0 Å². The number of hydrogen-bond donors (Lipinski definition) is 2. The summed E-state index contributed by atoms with van der Waals surface area (Å²) in [4.78, 5) is 26.7. The van der Waals surface area contributed by atoms with Gasteiger partial charge in [-0.15, -0.1) is 0 Å². The molecule has 1 saturated carbocycles. The Morgan fingerprint density at radius 2 is 1.80 bits per heavy atom. The number of methoxy groups -OCH3 is 1. The van der Waals surface area contributed by atoms with Gasteiger partial charge in [0, 0.05) is 36.4 Å². The quantitative estimate of drug-likeness (QED) is 0.579. The Labute approximate surface area is 184 Å². The highest BCUT2D eigenvalue weighted by atomic mass is 32.2. The number of hydrogen-bond acceptors (Lipinski definition) is 6. The van der Waals surface area contributed by atoms with Crippen LogP contribution in [0.5, 0.6) is 0 Å². The summed E-state index contributed by atoms with van der Waals surface area (Å²) in [6, 6.07) is 8.30. The molecule has 3 rings (SSSR count). The van der Waals surface area contributed by atoms with Gasteiger partial charge in [-0.3, -0.25) is 9.59 Å². The maximum Gasteiger partial charge on any atom is 0.322 e. The number of amides is 1. The molecule has 0 spiro atoms. The van der Waals surface area contributed by atoms with Gasteiger partial charge in [0.15, 0.2) is 0 Å². The van der Waals surface area contributed by atoms with E-state index in [-0.39, 0.29) is 23.8 Å². The molecule has 2 N–H and O–H groups in total. The van der Waals surface area contributed by atoms with Gasteiger partial charge in [0.25, 0.3) is 0 Å². The van der Waals surface area contributed by atoms with Crippen LogP contribution in [0, 0.1) is 5.92 Å². The lowest BCUT2D eigenvalue weighted by atomic mass is 10.0. The van der Waals surface area contributed by atoms with E-state index in [2.05, 4.69) is 33.9 Å². The molecule has 1 aromatic rings. The molecule has 1 heterocycles. The molecule has 1 amide bonds. The molecule has 1 aliphatic heterocycles. The molecule has 1 saturated heterocycles. The molecule has 7 heteroatoms. The number of carbonyl (C=O) groups is 2. The van der Waals surface area contributed by atoms with E-state index < -0.39 is 0 Å². The second-order valence-electron chi connectivity index (χ2n) is 8.30. The first-order valence-corrected chi connectivity index (χ1v) is 12.5. The molecule has 2 aliphatic rings. The van der Waals surface area contributed by atoms with Crippen molar-refractivity contribution in [3.8, 4) is 0 Å². The van der Waals surface area contributed by atoms with Crippen LogP contribution in [0.3, 0.4) is 0 Å². The zero-order valence-electron chi connectivity index (χ0n) is 18.2. The zero-order chi connectivity index (χ0) is 21.3. The predicted molar refractivity (Wildman–Crippen MR) is 124 cm³/mol. The van der Waals surface area contributed by atoms with Gasteiger partial charge in [-0.1, -0.05) is 12.8 Å². The molecule has 166 valence electrons. The second-order valence-corrected chi connectivity index (χ2v) is 9.29. The van der Waals surface area contributed by atoms with E-state index in [1.807, 2.05) is 12.1 Å². The van der Waals surface area contributed by atoms with Crippen molar-refractivity contribution in [3.05, 3.63) is 24.3 Å². The van der Waals surface area contributed by atoms with Gasteiger partial charge in [-0.05, 0) is 68.4 Å². The zero-order valence-corrected chi connectivity index (χ0v) is 19.0. The number of piperidine rings is 1. The minimum Gasteiger partial charge on any atom is -0.468 e. The Morgan fingerprint density at radius 3 is 2.40 bits per heavy atom. The topological polar surface area (TPSA) is 70.7 Å². The summed E-state index contributed by atoms with van der Waals surface area (Å²) in [7, 11) is 1.46. The smallest absolute Gasteiger partial charge is 0.322 e. The van der Waals surface area contributed by atoms with Crippen molar-refractivity contribution in [3.63, 3.8) is 0 Å². The monoisotopic (exact) mass is 433 g/mol. The van der Waals surface area contributed by atoms with Crippen LogP contribution in [-0.2, 0) is 14.3 Å². The number of carbonyl (C=O) groups excluding carboxylic acids is 2. The lowest BCUT2D eigenvalue weighted by Crippen LogP contribution is -2.49. The van der Waals surface area contributed by atoms with E-state index in [0.717, 1.165) is 56.6 Å². The first kappa shape index (κ1) is 22.9. The van der Waals surface area contributed by atoms with Gasteiger partial charge in [-0.2, -0.15) is 11.8 Å². The summed E-state index contributed by atoms with van der Waals surface area (Å²) in [5.41, 5.74) is 2.06. The standard InChI is InChI=1S/C23H35N3O3S/c1-29-23(28)21(13-16-30-2)24-19-11-14-26(15-12-19)20-9-7-18(8-10-20)25-22(27)17-5-3-4-6-17/h7-10,17,19,21,24H,3-6,11-16H2,1-2H3,(H,25,27). The van der Waals surface area contributed by atoms with Crippen LogP contribution in [0.1, 0.15) is 44.9 Å². The van der Waals surface area contributed by atoms with E-state index in [9.17, 15) is 9.59 Å². The Bertz CT molecular complexity index is 683. The fourth-order valence-electron chi connectivity index (χ4n) is 4.42. The number of thioether (sulfide) groups is 1. The average molecular weight is 434 g/mol. The highest BCUT2D eigenvalue weighted by Crippen LogP contribution is 2.27. The summed E-state index contributed by atoms with van der Waals surface area (Å²) in [6.07, 6.45) is 9.20. The summed E-state index contributed by atoms with van der Waals surface area (Å²) in [5, 5.41) is 6.57. The normalized spacial score (nSPS) is 18.9. The third-order valence-corrected chi connectivity index (χ3v) is 6.90. The van der Waals surface area contributed by atoms with Crippen molar-refractivity contribution in [1.82, 2.24) is 5.32 Å². The summed E-state index contributed by atoms with van der Waals surface area (Å²) >= 11 is 1.75. The van der Waals surface area contributed by atoms with Crippen molar-refractivity contribution >= 4 is 35.0 Å². The van der Waals surface area contributed by atoms with Crippen LogP contribution in [0.25, 0.3) is 0 Å². The third kappa shape index (κ3) is 6.38. The van der Waals surface area contributed by atoms with Gasteiger partial charge in [0.05, 0.1) is 7.11 Å². The molecule has 1 unspecified atom stereocenters. The van der Waals surface area contributed by atoms with Gasteiger partial charge < -0.3 is 20.3 Å². The fourth-order valence-corrected chi connectivity index (χ4v) is 4.90. The van der Waals surface area contributed by atoms with Crippen LogP contribution in [0.2, 0.25) is 0 Å². The Balaban J connectivity index is 1.47. The van der Waals surface area contributed by atoms with Crippen LogP contribution in [-0.4, -0.2) is 56.2 Å². The van der Waals surface area contributed by atoms with Crippen molar-refractivity contribution < 1.29 is 14.3 Å². The molecule has 0 bridgehead atoms. The van der Waals surface area contributed by atoms with E-state index in [4.69, 9.17) is 4.74 Å². The maximum atomic E-state index is 12.3. The molecule has 0 aromatic heterocycles. The van der Waals surface area contributed by atoms with Gasteiger partial charge in [0.1, 0.15) is 6.04 Å². The van der Waals surface area contributed by atoms with Gasteiger partial charge in [0.2, 0.25) is 5.91 Å². The van der Waals surface area contributed by atoms with E-state index in [1.165, 1.54) is 25.6 Å². The largest absolute Gasteiger partial charge is 0.468 e. The van der Waals surface area contributed by atoms with Crippen LogP contribution < -0.4 is 15.5 Å². The summed E-state index contributed by atoms with van der Waals surface area (Å²) < 4.78 is 4.96. The number of nitrogens with one attached hydrogen (secondary N) is 2. The number of esters is 1. The molecule has 1 atom stereocenters. The SMILES string of the molecule is COC(=O)C(CCSC)NC1CCN(c2ccc(NC(=O)C3CCCC3)cc2)CC1. The van der Waals surface area contributed by atoms with Crippen molar-refractivity contribution in [2.45, 2.75) is 57.0 Å². The van der Waals surface area contributed by atoms with Crippen LogP contribution in [0.15, 0.2) is 24.3 Å². The molecule has 1 aliphatic carbocycles.